The van der Waals surface area contributed by atoms with Gasteiger partial charge >= 0.3 is 6.18 Å². The van der Waals surface area contributed by atoms with Gasteiger partial charge in [-0.15, -0.1) is 0 Å². The molecular weight excluding hydrogens is 373 g/mol. The highest BCUT2D eigenvalue weighted by molar-refractivity contribution is 6.03. The average molecular weight is 392 g/mol. The van der Waals surface area contributed by atoms with Gasteiger partial charge in [-0.05, 0) is 36.8 Å². The van der Waals surface area contributed by atoms with E-state index in [-0.39, 0.29) is 5.56 Å². The van der Waals surface area contributed by atoms with Crippen LogP contribution in [0, 0.1) is 6.92 Å². The third-order valence-electron chi connectivity index (χ3n) is 3.76. The number of anilines is 1. The lowest BCUT2D eigenvalue weighted by atomic mass is 10.1. The fraction of sp³-hybridized carbons (Fsp3) is 0.200. The van der Waals surface area contributed by atoms with Crippen LogP contribution >= 0.6 is 0 Å². The normalized spacial score (nSPS) is 11.3. The van der Waals surface area contributed by atoms with Crippen molar-refractivity contribution in [3.8, 4) is 5.75 Å². The molecule has 148 valence electrons. The maximum Gasteiger partial charge on any atom is 0.405 e. The van der Waals surface area contributed by atoms with Crippen LogP contribution in [0.3, 0.4) is 0 Å². The number of alkyl halides is 3. The summed E-state index contributed by atoms with van der Waals surface area (Å²) < 4.78 is 41.9. The topological polar surface area (TPSA) is 67.4 Å². The number of benzene rings is 2. The summed E-state index contributed by atoms with van der Waals surface area (Å²) in [6.45, 7) is 0.278. The number of hydrogen-bond acceptors (Lipinski definition) is 3. The lowest BCUT2D eigenvalue weighted by Gasteiger charge is -2.11. The second-order valence-corrected chi connectivity index (χ2v) is 5.89. The van der Waals surface area contributed by atoms with E-state index >= 15 is 0 Å². The Morgan fingerprint density at radius 3 is 2.54 bits per heavy atom. The SMILES string of the molecule is COc1ccccc1/C=C/C(=O)Nc1cc(C(=O)NCC(F)(F)F)ccc1C. The molecule has 0 bridgehead atoms. The molecule has 0 atom stereocenters. The summed E-state index contributed by atoms with van der Waals surface area (Å²) in [5.41, 5.74) is 1.71. The second kappa shape index (κ2) is 9.07. The van der Waals surface area contributed by atoms with Crippen LogP contribution < -0.4 is 15.4 Å². The van der Waals surface area contributed by atoms with Crippen LogP contribution in [0.1, 0.15) is 21.5 Å². The Bertz CT molecular complexity index is 893. The maximum absolute atomic E-state index is 12.2. The van der Waals surface area contributed by atoms with Crippen molar-refractivity contribution in [1.29, 1.82) is 0 Å². The Labute approximate surface area is 160 Å². The zero-order valence-corrected chi connectivity index (χ0v) is 15.3. The monoisotopic (exact) mass is 392 g/mol. The van der Waals surface area contributed by atoms with Gasteiger partial charge in [0.1, 0.15) is 12.3 Å². The molecule has 2 amide bonds. The minimum atomic E-state index is -4.50. The van der Waals surface area contributed by atoms with E-state index in [2.05, 4.69) is 5.32 Å². The van der Waals surface area contributed by atoms with Gasteiger partial charge in [-0.25, -0.2) is 0 Å². The Morgan fingerprint density at radius 1 is 1.14 bits per heavy atom. The lowest BCUT2D eigenvalue weighted by molar-refractivity contribution is -0.123. The first-order valence-electron chi connectivity index (χ1n) is 8.27. The number of rotatable bonds is 6. The van der Waals surface area contributed by atoms with Gasteiger partial charge in [0.2, 0.25) is 5.91 Å². The van der Waals surface area contributed by atoms with Crippen LogP contribution in [0.4, 0.5) is 18.9 Å². The molecule has 0 spiro atoms. The van der Waals surface area contributed by atoms with Crippen molar-refractivity contribution in [2.75, 3.05) is 19.0 Å². The first kappa shape index (κ1) is 21.0. The van der Waals surface area contributed by atoms with Crippen molar-refractivity contribution in [2.24, 2.45) is 0 Å². The molecule has 0 fully saturated rings. The van der Waals surface area contributed by atoms with E-state index < -0.39 is 24.5 Å². The quantitative estimate of drug-likeness (QED) is 0.732. The Balaban J connectivity index is 2.09. The van der Waals surface area contributed by atoms with Gasteiger partial charge in [-0.1, -0.05) is 24.3 Å². The number of halogens is 3. The fourth-order valence-electron chi connectivity index (χ4n) is 2.32. The summed E-state index contributed by atoms with van der Waals surface area (Å²) in [6.07, 6.45) is -1.63. The van der Waals surface area contributed by atoms with E-state index in [0.29, 0.717) is 22.6 Å². The highest BCUT2D eigenvalue weighted by Gasteiger charge is 2.28. The summed E-state index contributed by atoms with van der Waals surface area (Å²) in [5.74, 6) is -0.731. The lowest BCUT2D eigenvalue weighted by Crippen LogP contribution is -2.33. The first-order valence-corrected chi connectivity index (χ1v) is 8.27. The number of para-hydroxylation sites is 1. The van der Waals surface area contributed by atoms with E-state index in [1.807, 2.05) is 0 Å². The molecule has 2 aromatic carbocycles. The number of aryl methyl sites for hydroxylation is 1. The number of amides is 2. The molecule has 0 aliphatic carbocycles. The second-order valence-electron chi connectivity index (χ2n) is 5.89. The Morgan fingerprint density at radius 2 is 1.86 bits per heavy atom. The highest BCUT2D eigenvalue weighted by atomic mass is 19.4. The van der Waals surface area contributed by atoms with Gasteiger partial charge in [0, 0.05) is 22.9 Å². The molecule has 2 rings (SSSR count). The molecular formula is C20H19F3N2O3. The fourth-order valence-corrected chi connectivity index (χ4v) is 2.32. The van der Waals surface area contributed by atoms with Crippen molar-refractivity contribution >= 4 is 23.6 Å². The molecule has 2 N–H and O–H groups in total. The van der Waals surface area contributed by atoms with E-state index in [0.717, 1.165) is 0 Å². The van der Waals surface area contributed by atoms with Crippen LogP contribution in [-0.4, -0.2) is 31.6 Å². The van der Waals surface area contributed by atoms with Gasteiger partial charge in [-0.2, -0.15) is 13.2 Å². The van der Waals surface area contributed by atoms with Crippen molar-refractivity contribution in [3.05, 3.63) is 65.2 Å². The van der Waals surface area contributed by atoms with Gasteiger partial charge < -0.3 is 15.4 Å². The summed E-state index contributed by atoms with van der Waals surface area (Å²) in [4.78, 5) is 24.1. The maximum atomic E-state index is 12.2. The zero-order chi connectivity index (χ0) is 20.7. The smallest absolute Gasteiger partial charge is 0.405 e. The largest absolute Gasteiger partial charge is 0.496 e. The third-order valence-corrected chi connectivity index (χ3v) is 3.76. The molecule has 0 aliphatic rings. The molecule has 0 heterocycles. The van der Waals surface area contributed by atoms with Gasteiger partial charge in [0.15, 0.2) is 0 Å². The van der Waals surface area contributed by atoms with Crippen LogP contribution in [-0.2, 0) is 4.79 Å². The van der Waals surface area contributed by atoms with Gasteiger partial charge in [-0.3, -0.25) is 9.59 Å². The Hall–Kier alpha value is -3.29. The number of ether oxygens (including phenoxy) is 1. The van der Waals surface area contributed by atoms with Crippen LogP contribution in [0.25, 0.3) is 6.08 Å². The molecule has 8 heteroatoms. The van der Waals surface area contributed by atoms with Crippen LogP contribution in [0.2, 0.25) is 0 Å². The zero-order valence-electron chi connectivity index (χ0n) is 15.3. The number of carbonyl (C=O) groups is 2. The molecule has 0 saturated heterocycles. The van der Waals surface area contributed by atoms with Gasteiger partial charge in [0.05, 0.1) is 7.11 Å². The first-order chi connectivity index (χ1) is 13.2. The third kappa shape index (κ3) is 6.15. The summed E-state index contributed by atoms with van der Waals surface area (Å²) in [5, 5.41) is 4.41. The van der Waals surface area contributed by atoms with E-state index in [1.165, 1.54) is 25.3 Å². The summed E-state index contributed by atoms with van der Waals surface area (Å²) in [6, 6.07) is 11.4. The predicted octanol–water partition coefficient (Wildman–Crippen LogP) is 3.95. The standard InChI is InChI=1S/C20H19F3N2O3/c1-13-7-8-15(19(27)24-12-20(21,22)23)11-16(13)25-18(26)10-9-14-5-3-4-6-17(14)28-2/h3-11H,12H2,1-2H3,(H,24,27)(H,25,26)/b10-9+. The van der Waals surface area contributed by atoms with Crippen molar-refractivity contribution < 1.29 is 27.5 Å². The average Bonchev–Trinajstić information content (AvgIpc) is 2.65. The molecule has 0 aliphatic heterocycles. The van der Waals surface area contributed by atoms with Gasteiger partial charge in [0.25, 0.3) is 5.91 Å². The minimum Gasteiger partial charge on any atom is -0.496 e. The molecule has 28 heavy (non-hydrogen) atoms. The van der Waals surface area contributed by atoms with Crippen LogP contribution in [0.15, 0.2) is 48.5 Å². The predicted molar refractivity (Wildman–Crippen MR) is 100 cm³/mol. The van der Waals surface area contributed by atoms with E-state index in [1.54, 1.807) is 48.6 Å². The van der Waals surface area contributed by atoms with E-state index in [4.69, 9.17) is 4.74 Å². The van der Waals surface area contributed by atoms with Crippen LogP contribution in [0.5, 0.6) is 5.75 Å². The van der Waals surface area contributed by atoms with E-state index in [9.17, 15) is 22.8 Å². The molecule has 0 saturated carbocycles. The molecule has 0 unspecified atom stereocenters. The van der Waals surface area contributed by atoms with Crippen molar-refractivity contribution in [3.63, 3.8) is 0 Å². The molecule has 2 aromatic rings. The van der Waals surface area contributed by atoms with Crippen molar-refractivity contribution in [1.82, 2.24) is 5.32 Å². The number of methoxy groups -OCH3 is 1. The summed E-state index contributed by atoms with van der Waals surface area (Å²) in [7, 11) is 1.52. The number of carbonyl (C=O) groups excluding carboxylic acids is 2. The number of nitrogens with one attached hydrogen (secondary N) is 2. The molecule has 0 radical (unpaired) electrons. The number of hydrogen-bond donors (Lipinski definition) is 2. The molecule has 0 aromatic heterocycles. The van der Waals surface area contributed by atoms with Crippen molar-refractivity contribution in [2.45, 2.75) is 13.1 Å². The Kier molecular flexibility index (Phi) is 6.81. The molecule has 5 nitrogen and oxygen atoms in total. The summed E-state index contributed by atoms with van der Waals surface area (Å²) >= 11 is 0. The minimum absolute atomic E-state index is 0.0128. The highest BCUT2D eigenvalue weighted by Crippen LogP contribution is 2.20.